The molecule has 2 rings (SSSR count). The van der Waals surface area contributed by atoms with Gasteiger partial charge in [-0.3, -0.25) is 9.59 Å². The van der Waals surface area contributed by atoms with E-state index in [2.05, 4.69) is 10.0 Å². The number of nitrogens with zero attached hydrogens (tertiary/aromatic N) is 4. The number of azide groups is 1. The summed E-state index contributed by atoms with van der Waals surface area (Å²) in [5, 5.41) is 3.59. The summed E-state index contributed by atoms with van der Waals surface area (Å²) in [7, 11) is 0. The Morgan fingerprint density at radius 3 is 3.00 bits per heavy atom. The summed E-state index contributed by atoms with van der Waals surface area (Å²) < 4.78 is 4.90. The molecule has 0 saturated carbocycles. The van der Waals surface area contributed by atoms with Crippen molar-refractivity contribution >= 4 is 17.6 Å². The molecule has 7 heteroatoms. The minimum absolute atomic E-state index is 0.108. The zero-order valence-electron chi connectivity index (χ0n) is 12.4. The molecule has 22 heavy (non-hydrogen) atoms. The van der Waals surface area contributed by atoms with Gasteiger partial charge in [0.05, 0.1) is 13.0 Å². The summed E-state index contributed by atoms with van der Waals surface area (Å²) in [5.74, 6) is -0.621. The van der Waals surface area contributed by atoms with E-state index in [-0.39, 0.29) is 24.8 Å². The third-order valence-electron chi connectivity index (χ3n) is 3.56. The first kappa shape index (κ1) is 15.9. The van der Waals surface area contributed by atoms with Crippen molar-refractivity contribution in [2.45, 2.75) is 32.2 Å². The Morgan fingerprint density at radius 1 is 1.50 bits per heavy atom. The number of hydrogen-bond donors (Lipinski definition) is 0. The molecule has 1 atom stereocenters. The standard InChI is InChI=1S/C15H18N4O3/c1-2-22-14(20)9-10-19-13-6-4-3-5-11(13)7-8-12(15(19)21)17-18-16/h3-6,12H,2,7-10H2,1H3. The van der Waals surface area contributed by atoms with Gasteiger partial charge in [-0.1, -0.05) is 23.3 Å². The molecule has 0 radical (unpaired) electrons. The van der Waals surface area contributed by atoms with Crippen molar-refractivity contribution in [2.75, 3.05) is 18.1 Å². The summed E-state index contributed by atoms with van der Waals surface area (Å²) in [5.41, 5.74) is 10.4. The largest absolute Gasteiger partial charge is 0.466 e. The Hall–Kier alpha value is -2.53. The van der Waals surface area contributed by atoms with E-state index in [1.54, 1.807) is 6.92 Å². The molecule has 1 unspecified atom stereocenters. The first-order chi connectivity index (χ1) is 10.7. The summed E-state index contributed by atoms with van der Waals surface area (Å²) in [6.45, 7) is 2.26. The van der Waals surface area contributed by atoms with E-state index in [9.17, 15) is 9.59 Å². The molecule has 0 N–H and O–H groups in total. The highest BCUT2D eigenvalue weighted by molar-refractivity contribution is 5.99. The average Bonchev–Trinajstić information content (AvgIpc) is 2.64. The van der Waals surface area contributed by atoms with Crippen molar-refractivity contribution in [2.24, 2.45) is 5.11 Å². The highest BCUT2D eigenvalue weighted by Gasteiger charge is 2.29. The van der Waals surface area contributed by atoms with E-state index in [0.717, 1.165) is 11.3 Å². The van der Waals surface area contributed by atoms with Gasteiger partial charge in [0.25, 0.3) is 0 Å². The molecule has 1 aliphatic heterocycles. The van der Waals surface area contributed by atoms with Crippen molar-refractivity contribution in [1.29, 1.82) is 0 Å². The van der Waals surface area contributed by atoms with Gasteiger partial charge in [0.2, 0.25) is 5.91 Å². The fourth-order valence-electron chi connectivity index (χ4n) is 2.54. The molecule has 0 bridgehead atoms. The van der Waals surface area contributed by atoms with E-state index in [1.807, 2.05) is 24.3 Å². The van der Waals surface area contributed by atoms with Gasteiger partial charge < -0.3 is 9.64 Å². The van der Waals surface area contributed by atoms with Crippen molar-refractivity contribution in [1.82, 2.24) is 0 Å². The van der Waals surface area contributed by atoms with Crippen LogP contribution in [0, 0.1) is 0 Å². The summed E-state index contributed by atoms with van der Waals surface area (Å²) in [4.78, 5) is 28.4. The lowest BCUT2D eigenvalue weighted by atomic mass is 10.1. The normalized spacial score (nSPS) is 17.2. The van der Waals surface area contributed by atoms with Gasteiger partial charge >= 0.3 is 5.97 Å². The molecular formula is C15H18N4O3. The predicted octanol–water partition coefficient (Wildman–Crippen LogP) is 2.60. The van der Waals surface area contributed by atoms with Gasteiger partial charge in [0.1, 0.15) is 6.04 Å². The number of hydrogen-bond acceptors (Lipinski definition) is 4. The predicted molar refractivity (Wildman–Crippen MR) is 81.3 cm³/mol. The van der Waals surface area contributed by atoms with Gasteiger partial charge in [-0.15, -0.1) is 0 Å². The maximum atomic E-state index is 12.6. The Bertz CT molecular complexity index is 611. The molecule has 0 spiro atoms. The minimum Gasteiger partial charge on any atom is -0.466 e. The van der Waals surface area contributed by atoms with Gasteiger partial charge in [-0.25, -0.2) is 0 Å². The third kappa shape index (κ3) is 3.56. The number of aryl methyl sites for hydroxylation is 1. The molecule has 7 nitrogen and oxygen atoms in total. The van der Waals surface area contributed by atoms with Crippen LogP contribution < -0.4 is 4.90 Å². The topological polar surface area (TPSA) is 95.4 Å². The van der Waals surface area contributed by atoms with E-state index in [4.69, 9.17) is 10.3 Å². The molecule has 1 aromatic rings. The van der Waals surface area contributed by atoms with E-state index in [1.165, 1.54) is 4.90 Å². The number of fused-ring (bicyclic) bond motifs is 1. The first-order valence-corrected chi connectivity index (χ1v) is 7.26. The fourth-order valence-corrected chi connectivity index (χ4v) is 2.54. The monoisotopic (exact) mass is 302 g/mol. The zero-order valence-corrected chi connectivity index (χ0v) is 12.4. The van der Waals surface area contributed by atoms with Crippen LogP contribution in [-0.2, 0) is 20.7 Å². The lowest BCUT2D eigenvalue weighted by Gasteiger charge is -2.24. The van der Waals surface area contributed by atoms with Crippen LogP contribution in [0.4, 0.5) is 5.69 Å². The van der Waals surface area contributed by atoms with Gasteiger partial charge in [0, 0.05) is 17.1 Å². The van der Waals surface area contributed by atoms with Gasteiger partial charge in [-0.05, 0) is 36.9 Å². The Kier molecular flexibility index (Phi) is 5.38. The minimum atomic E-state index is -0.736. The quantitative estimate of drug-likeness (QED) is 0.362. The average molecular weight is 302 g/mol. The third-order valence-corrected chi connectivity index (χ3v) is 3.56. The summed E-state index contributed by atoms with van der Waals surface area (Å²) in [6.07, 6.45) is 1.23. The number of para-hydroxylation sites is 1. The number of ether oxygens (including phenoxy) is 1. The molecule has 1 amide bonds. The van der Waals surface area contributed by atoms with Crippen LogP contribution in [0.15, 0.2) is 29.4 Å². The molecular weight excluding hydrogens is 284 g/mol. The molecule has 0 fully saturated rings. The fraction of sp³-hybridized carbons (Fsp3) is 0.467. The number of esters is 1. The van der Waals surface area contributed by atoms with E-state index >= 15 is 0 Å². The summed E-state index contributed by atoms with van der Waals surface area (Å²) in [6, 6.07) is 6.80. The Morgan fingerprint density at radius 2 is 2.27 bits per heavy atom. The van der Waals surface area contributed by atoms with Crippen LogP contribution in [0.25, 0.3) is 10.4 Å². The molecule has 1 aromatic carbocycles. The van der Waals surface area contributed by atoms with Crippen LogP contribution in [0.2, 0.25) is 0 Å². The molecule has 0 saturated heterocycles. The van der Waals surface area contributed by atoms with Gasteiger partial charge in [0.15, 0.2) is 0 Å². The summed E-state index contributed by atoms with van der Waals surface area (Å²) >= 11 is 0. The number of anilines is 1. The lowest BCUT2D eigenvalue weighted by molar-refractivity contribution is -0.142. The van der Waals surface area contributed by atoms with E-state index < -0.39 is 6.04 Å². The second-order valence-electron chi connectivity index (χ2n) is 4.93. The molecule has 1 heterocycles. The second kappa shape index (κ2) is 7.47. The molecule has 0 aromatic heterocycles. The highest BCUT2D eigenvalue weighted by Crippen LogP contribution is 2.28. The number of amides is 1. The van der Waals surface area contributed by atoms with Crippen molar-refractivity contribution in [3.63, 3.8) is 0 Å². The SMILES string of the molecule is CCOC(=O)CCN1C(=O)C(N=[N+]=[N-])CCc2ccccc21. The Balaban J connectivity index is 2.26. The van der Waals surface area contributed by atoms with Gasteiger partial charge in [-0.2, -0.15) is 0 Å². The Labute approximate surface area is 128 Å². The van der Waals surface area contributed by atoms with Crippen LogP contribution in [0.5, 0.6) is 0 Å². The second-order valence-corrected chi connectivity index (χ2v) is 4.93. The number of carbonyl (C=O) groups is 2. The van der Waals surface area contributed by atoms with Crippen LogP contribution >= 0.6 is 0 Å². The maximum absolute atomic E-state index is 12.6. The zero-order chi connectivity index (χ0) is 15.9. The number of carbonyl (C=O) groups excluding carboxylic acids is 2. The highest BCUT2D eigenvalue weighted by atomic mass is 16.5. The van der Waals surface area contributed by atoms with E-state index in [0.29, 0.717) is 19.4 Å². The number of rotatable bonds is 5. The smallest absolute Gasteiger partial charge is 0.307 e. The first-order valence-electron chi connectivity index (χ1n) is 7.26. The van der Waals surface area contributed by atoms with Crippen molar-refractivity contribution in [3.8, 4) is 0 Å². The van der Waals surface area contributed by atoms with Crippen LogP contribution in [0.3, 0.4) is 0 Å². The maximum Gasteiger partial charge on any atom is 0.307 e. The lowest BCUT2D eigenvalue weighted by Crippen LogP contribution is -2.38. The van der Waals surface area contributed by atoms with Crippen LogP contribution in [0.1, 0.15) is 25.3 Å². The van der Waals surface area contributed by atoms with Crippen molar-refractivity contribution < 1.29 is 14.3 Å². The number of benzene rings is 1. The molecule has 116 valence electrons. The van der Waals surface area contributed by atoms with Crippen LogP contribution in [-0.4, -0.2) is 31.1 Å². The molecule has 0 aliphatic carbocycles. The van der Waals surface area contributed by atoms with Crippen molar-refractivity contribution in [3.05, 3.63) is 40.3 Å². The molecule has 1 aliphatic rings.